The largest absolute Gasteiger partial charge is 0.305 e. The standard InChI is InChI=1S/C13H16N2S2/c1-9(14-10-6-7-16-8-10)13-15-11-4-2-3-5-12(11)17-13/h2-5,9-10,14H,6-8H2,1H3. The van der Waals surface area contributed by atoms with Crippen LogP contribution in [-0.4, -0.2) is 22.5 Å². The Hall–Kier alpha value is -0.580. The number of thioether (sulfide) groups is 1. The molecule has 1 fully saturated rings. The summed E-state index contributed by atoms with van der Waals surface area (Å²) in [6.45, 7) is 2.22. The molecule has 1 aliphatic rings. The molecule has 17 heavy (non-hydrogen) atoms. The molecule has 0 radical (unpaired) electrons. The van der Waals surface area contributed by atoms with Crippen molar-refractivity contribution in [2.75, 3.05) is 11.5 Å². The average Bonchev–Trinajstić information content (AvgIpc) is 2.96. The molecule has 0 amide bonds. The van der Waals surface area contributed by atoms with Crippen molar-refractivity contribution in [3.05, 3.63) is 29.3 Å². The highest BCUT2D eigenvalue weighted by molar-refractivity contribution is 7.99. The first-order chi connectivity index (χ1) is 8.33. The molecular weight excluding hydrogens is 248 g/mol. The first-order valence-electron chi connectivity index (χ1n) is 6.02. The second-order valence-electron chi connectivity index (χ2n) is 4.47. The molecule has 4 heteroatoms. The topological polar surface area (TPSA) is 24.9 Å². The van der Waals surface area contributed by atoms with E-state index in [0.717, 1.165) is 5.52 Å². The fourth-order valence-corrected chi connectivity index (χ4v) is 4.31. The van der Waals surface area contributed by atoms with E-state index in [1.807, 2.05) is 23.1 Å². The van der Waals surface area contributed by atoms with Crippen LogP contribution in [0.25, 0.3) is 10.2 Å². The van der Waals surface area contributed by atoms with Crippen LogP contribution in [-0.2, 0) is 0 Å². The van der Waals surface area contributed by atoms with E-state index in [2.05, 4.69) is 36.5 Å². The van der Waals surface area contributed by atoms with Crippen LogP contribution in [0, 0.1) is 0 Å². The van der Waals surface area contributed by atoms with Gasteiger partial charge in [0.2, 0.25) is 0 Å². The summed E-state index contributed by atoms with van der Waals surface area (Å²) >= 11 is 3.85. The lowest BCUT2D eigenvalue weighted by Gasteiger charge is -2.16. The lowest BCUT2D eigenvalue weighted by Crippen LogP contribution is -2.31. The Bertz CT molecular complexity index is 470. The first kappa shape index (κ1) is 11.5. The van der Waals surface area contributed by atoms with Gasteiger partial charge in [-0.15, -0.1) is 11.3 Å². The minimum atomic E-state index is 0.371. The Labute approximate surface area is 110 Å². The minimum Gasteiger partial charge on any atom is -0.305 e. The summed E-state index contributed by atoms with van der Waals surface area (Å²) < 4.78 is 1.29. The molecular formula is C13H16N2S2. The van der Waals surface area contributed by atoms with Crippen molar-refractivity contribution in [3.63, 3.8) is 0 Å². The average molecular weight is 264 g/mol. The molecule has 90 valence electrons. The van der Waals surface area contributed by atoms with E-state index in [-0.39, 0.29) is 0 Å². The molecule has 0 spiro atoms. The van der Waals surface area contributed by atoms with Gasteiger partial charge < -0.3 is 5.32 Å². The number of fused-ring (bicyclic) bond motifs is 1. The zero-order valence-corrected chi connectivity index (χ0v) is 11.5. The Kier molecular flexibility index (Phi) is 3.36. The molecule has 2 atom stereocenters. The first-order valence-corrected chi connectivity index (χ1v) is 7.99. The molecule has 3 rings (SSSR count). The Balaban J connectivity index is 1.77. The van der Waals surface area contributed by atoms with Crippen LogP contribution >= 0.6 is 23.1 Å². The molecule has 1 saturated heterocycles. The maximum absolute atomic E-state index is 4.70. The van der Waals surface area contributed by atoms with Crippen molar-refractivity contribution in [2.45, 2.75) is 25.4 Å². The molecule has 0 aliphatic carbocycles. The van der Waals surface area contributed by atoms with E-state index < -0.39 is 0 Å². The van der Waals surface area contributed by atoms with Crippen LogP contribution in [0.15, 0.2) is 24.3 Å². The van der Waals surface area contributed by atoms with Gasteiger partial charge in [-0.1, -0.05) is 12.1 Å². The molecule has 2 heterocycles. The SMILES string of the molecule is CC(NC1CCSC1)c1nc2ccccc2s1. The number of hydrogen-bond acceptors (Lipinski definition) is 4. The minimum absolute atomic E-state index is 0.371. The number of hydrogen-bond donors (Lipinski definition) is 1. The van der Waals surface area contributed by atoms with Crippen LogP contribution in [0.5, 0.6) is 0 Å². The highest BCUT2D eigenvalue weighted by atomic mass is 32.2. The zero-order valence-electron chi connectivity index (χ0n) is 9.85. The summed E-state index contributed by atoms with van der Waals surface area (Å²) in [4.78, 5) is 4.70. The molecule has 2 nitrogen and oxygen atoms in total. The maximum Gasteiger partial charge on any atom is 0.111 e. The van der Waals surface area contributed by atoms with E-state index in [1.54, 1.807) is 0 Å². The highest BCUT2D eigenvalue weighted by Crippen LogP contribution is 2.27. The van der Waals surface area contributed by atoms with Crippen molar-refractivity contribution >= 4 is 33.3 Å². The fraction of sp³-hybridized carbons (Fsp3) is 0.462. The van der Waals surface area contributed by atoms with Gasteiger partial charge in [0.15, 0.2) is 0 Å². The number of nitrogens with zero attached hydrogens (tertiary/aromatic N) is 1. The van der Waals surface area contributed by atoms with Gasteiger partial charge in [-0.05, 0) is 31.2 Å². The second-order valence-corrected chi connectivity index (χ2v) is 6.68. The van der Waals surface area contributed by atoms with Crippen molar-refractivity contribution < 1.29 is 0 Å². The molecule has 0 bridgehead atoms. The third-order valence-electron chi connectivity index (χ3n) is 3.10. The maximum atomic E-state index is 4.70. The van der Waals surface area contributed by atoms with Crippen LogP contribution in [0.2, 0.25) is 0 Å². The number of nitrogens with one attached hydrogen (secondary N) is 1. The summed E-state index contributed by atoms with van der Waals surface area (Å²) in [6, 6.07) is 9.41. The van der Waals surface area contributed by atoms with Crippen LogP contribution in [0.3, 0.4) is 0 Å². The molecule has 2 aromatic rings. The van der Waals surface area contributed by atoms with Gasteiger partial charge in [0, 0.05) is 11.8 Å². The van der Waals surface area contributed by atoms with E-state index in [4.69, 9.17) is 4.98 Å². The van der Waals surface area contributed by atoms with E-state index in [0.29, 0.717) is 12.1 Å². The number of thiazole rings is 1. The van der Waals surface area contributed by atoms with Crippen LogP contribution in [0.1, 0.15) is 24.4 Å². The monoisotopic (exact) mass is 264 g/mol. The van der Waals surface area contributed by atoms with Gasteiger partial charge in [0.25, 0.3) is 0 Å². The van der Waals surface area contributed by atoms with Crippen LogP contribution < -0.4 is 5.32 Å². The van der Waals surface area contributed by atoms with Crippen molar-refractivity contribution in [1.29, 1.82) is 0 Å². The van der Waals surface area contributed by atoms with Gasteiger partial charge >= 0.3 is 0 Å². The molecule has 1 aliphatic heterocycles. The lowest BCUT2D eigenvalue weighted by molar-refractivity contribution is 0.485. The molecule has 0 saturated carbocycles. The third-order valence-corrected chi connectivity index (χ3v) is 5.48. The Morgan fingerprint density at radius 2 is 2.29 bits per heavy atom. The van der Waals surface area contributed by atoms with Crippen molar-refractivity contribution in [1.82, 2.24) is 10.3 Å². The predicted octanol–water partition coefficient (Wildman–Crippen LogP) is 3.45. The number of aromatic nitrogens is 1. The zero-order chi connectivity index (χ0) is 11.7. The van der Waals surface area contributed by atoms with E-state index in [1.165, 1.54) is 27.6 Å². The Morgan fingerprint density at radius 3 is 3.06 bits per heavy atom. The van der Waals surface area contributed by atoms with Gasteiger partial charge in [0.05, 0.1) is 16.3 Å². The van der Waals surface area contributed by atoms with Crippen LogP contribution in [0.4, 0.5) is 0 Å². The third kappa shape index (κ3) is 2.49. The van der Waals surface area contributed by atoms with E-state index >= 15 is 0 Å². The molecule has 1 aromatic carbocycles. The smallest absolute Gasteiger partial charge is 0.111 e. The quantitative estimate of drug-likeness (QED) is 0.919. The summed E-state index contributed by atoms with van der Waals surface area (Å²) in [6.07, 6.45) is 1.29. The molecule has 2 unspecified atom stereocenters. The van der Waals surface area contributed by atoms with Gasteiger partial charge in [0.1, 0.15) is 5.01 Å². The van der Waals surface area contributed by atoms with E-state index in [9.17, 15) is 0 Å². The van der Waals surface area contributed by atoms with Gasteiger partial charge in [-0.25, -0.2) is 4.98 Å². The van der Waals surface area contributed by atoms with Crippen molar-refractivity contribution in [2.24, 2.45) is 0 Å². The summed E-state index contributed by atoms with van der Waals surface area (Å²) in [5.41, 5.74) is 1.13. The lowest BCUT2D eigenvalue weighted by atomic mass is 10.2. The molecule has 1 aromatic heterocycles. The van der Waals surface area contributed by atoms with Gasteiger partial charge in [-0.2, -0.15) is 11.8 Å². The summed E-state index contributed by atoms with van der Waals surface area (Å²) in [5, 5.41) is 4.89. The number of benzene rings is 1. The highest BCUT2D eigenvalue weighted by Gasteiger charge is 2.19. The normalized spacial score (nSPS) is 22.1. The summed E-state index contributed by atoms with van der Waals surface area (Å²) in [7, 11) is 0. The number of para-hydroxylation sites is 1. The molecule has 1 N–H and O–H groups in total. The number of rotatable bonds is 3. The van der Waals surface area contributed by atoms with Gasteiger partial charge in [-0.3, -0.25) is 0 Å². The Morgan fingerprint density at radius 1 is 1.41 bits per heavy atom. The fourth-order valence-electron chi connectivity index (χ4n) is 2.17. The summed E-state index contributed by atoms with van der Waals surface area (Å²) in [5.74, 6) is 2.54. The van der Waals surface area contributed by atoms with Crippen molar-refractivity contribution in [3.8, 4) is 0 Å². The second kappa shape index (κ2) is 4.96. The predicted molar refractivity (Wildman–Crippen MR) is 76.9 cm³/mol.